The molecular formula is C20H32O4. The van der Waals surface area contributed by atoms with Gasteiger partial charge in [0.25, 0.3) is 0 Å². The monoisotopic (exact) mass is 336 g/mol. The Morgan fingerprint density at radius 1 is 0.875 bits per heavy atom. The molecule has 0 heterocycles. The number of rotatable bonds is 4. The van der Waals surface area contributed by atoms with Crippen LogP contribution in [-0.2, 0) is 19.1 Å². The summed E-state index contributed by atoms with van der Waals surface area (Å²) < 4.78 is 10.7. The summed E-state index contributed by atoms with van der Waals surface area (Å²) in [5.41, 5.74) is 0.277. The highest BCUT2D eigenvalue weighted by Gasteiger charge is 2.54. The van der Waals surface area contributed by atoms with E-state index >= 15 is 0 Å². The van der Waals surface area contributed by atoms with Crippen LogP contribution < -0.4 is 0 Å². The van der Waals surface area contributed by atoms with Crippen LogP contribution in [0.1, 0.15) is 66.2 Å². The molecule has 4 heteroatoms. The molecule has 24 heavy (non-hydrogen) atoms. The molecule has 4 nitrogen and oxygen atoms in total. The van der Waals surface area contributed by atoms with Crippen LogP contribution in [0.2, 0.25) is 0 Å². The van der Waals surface area contributed by atoms with Crippen LogP contribution in [0.3, 0.4) is 0 Å². The van der Waals surface area contributed by atoms with Gasteiger partial charge < -0.3 is 9.47 Å². The number of esters is 2. The highest BCUT2D eigenvalue weighted by molar-refractivity contribution is 5.66. The highest BCUT2D eigenvalue weighted by Crippen LogP contribution is 2.62. The maximum atomic E-state index is 11.2. The predicted octanol–water partition coefficient (Wildman–Crippen LogP) is 3.97. The van der Waals surface area contributed by atoms with Crippen molar-refractivity contribution in [2.75, 3.05) is 13.2 Å². The lowest BCUT2D eigenvalue weighted by molar-refractivity contribution is -0.146. The second-order valence-electron chi connectivity index (χ2n) is 9.42. The summed E-state index contributed by atoms with van der Waals surface area (Å²) in [6, 6.07) is 0. The molecule has 3 aliphatic rings. The molecule has 2 bridgehead atoms. The fourth-order valence-corrected chi connectivity index (χ4v) is 6.01. The summed E-state index contributed by atoms with van der Waals surface area (Å²) in [7, 11) is 0. The third kappa shape index (κ3) is 3.62. The van der Waals surface area contributed by atoms with Crippen molar-refractivity contribution in [3.8, 4) is 0 Å². The van der Waals surface area contributed by atoms with Gasteiger partial charge in [-0.1, -0.05) is 13.8 Å². The van der Waals surface area contributed by atoms with E-state index in [0.717, 1.165) is 30.1 Å². The Morgan fingerprint density at radius 2 is 1.42 bits per heavy atom. The van der Waals surface area contributed by atoms with E-state index < -0.39 is 0 Å². The fourth-order valence-electron chi connectivity index (χ4n) is 6.01. The van der Waals surface area contributed by atoms with Gasteiger partial charge in [-0.3, -0.25) is 9.59 Å². The number of carbonyl (C=O) groups excluding carboxylic acids is 2. The van der Waals surface area contributed by atoms with Crippen molar-refractivity contribution >= 4 is 11.9 Å². The van der Waals surface area contributed by atoms with E-state index in [1.54, 1.807) is 0 Å². The summed E-state index contributed by atoms with van der Waals surface area (Å²) in [5, 5.41) is 0. The zero-order valence-electron chi connectivity index (χ0n) is 15.6. The maximum absolute atomic E-state index is 11.2. The first kappa shape index (κ1) is 17.8. The van der Waals surface area contributed by atoms with Crippen molar-refractivity contribution in [1.29, 1.82) is 0 Å². The van der Waals surface area contributed by atoms with Crippen molar-refractivity contribution < 1.29 is 19.1 Å². The first-order chi connectivity index (χ1) is 11.2. The summed E-state index contributed by atoms with van der Waals surface area (Å²) >= 11 is 0. The maximum Gasteiger partial charge on any atom is 0.302 e. The van der Waals surface area contributed by atoms with Gasteiger partial charge in [-0.05, 0) is 62.2 Å². The number of hydrogen-bond acceptors (Lipinski definition) is 4. The Hall–Kier alpha value is -1.06. The van der Waals surface area contributed by atoms with E-state index in [1.165, 1.54) is 46.0 Å². The SMILES string of the molecule is CC(=O)OCC1(C)CC2CC(C1)C1CC(C)(COC(C)=O)CCC21. The van der Waals surface area contributed by atoms with Crippen LogP contribution in [0.15, 0.2) is 0 Å². The molecule has 3 saturated carbocycles. The molecule has 0 aromatic carbocycles. The first-order valence-corrected chi connectivity index (χ1v) is 9.46. The Balaban J connectivity index is 1.66. The molecule has 6 unspecified atom stereocenters. The number of hydrogen-bond donors (Lipinski definition) is 0. The minimum absolute atomic E-state index is 0.136. The Kier molecular flexibility index (Phi) is 4.69. The number of ether oxygens (including phenoxy) is 2. The third-order valence-corrected chi connectivity index (χ3v) is 6.93. The van der Waals surface area contributed by atoms with Gasteiger partial charge in [0.15, 0.2) is 0 Å². The van der Waals surface area contributed by atoms with Gasteiger partial charge in [-0.15, -0.1) is 0 Å². The Morgan fingerprint density at radius 3 is 2.00 bits per heavy atom. The van der Waals surface area contributed by atoms with Crippen molar-refractivity contribution in [2.24, 2.45) is 34.5 Å². The van der Waals surface area contributed by atoms with Crippen LogP contribution in [0.5, 0.6) is 0 Å². The molecular weight excluding hydrogens is 304 g/mol. The lowest BCUT2D eigenvalue weighted by atomic mass is 9.65. The van der Waals surface area contributed by atoms with E-state index in [4.69, 9.17) is 9.47 Å². The molecule has 0 aromatic heterocycles. The molecule has 3 aliphatic carbocycles. The zero-order valence-corrected chi connectivity index (χ0v) is 15.6. The number of carbonyl (C=O) groups is 2. The lowest BCUT2D eigenvalue weighted by Gasteiger charge is -2.41. The minimum Gasteiger partial charge on any atom is -0.465 e. The van der Waals surface area contributed by atoms with Crippen LogP contribution in [0.4, 0.5) is 0 Å². The van der Waals surface area contributed by atoms with Gasteiger partial charge >= 0.3 is 11.9 Å². The molecule has 136 valence electrons. The van der Waals surface area contributed by atoms with Gasteiger partial charge in [0.05, 0.1) is 13.2 Å². The zero-order chi connectivity index (χ0) is 17.5. The molecule has 0 spiro atoms. The average molecular weight is 336 g/mol. The third-order valence-electron chi connectivity index (χ3n) is 6.93. The average Bonchev–Trinajstić information content (AvgIpc) is 2.75. The Labute approximate surface area is 145 Å². The van der Waals surface area contributed by atoms with Crippen molar-refractivity contribution in [3.05, 3.63) is 0 Å². The predicted molar refractivity (Wildman–Crippen MR) is 91.1 cm³/mol. The van der Waals surface area contributed by atoms with Gasteiger partial charge in [-0.25, -0.2) is 0 Å². The minimum atomic E-state index is -0.169. The summed E-state index contributed by atoms with van der Waals surface area (Å²) in [4.78, 5) is 22.4. The van der Waals surface area contributed by atoms with E-state index in [1.807, 2.05) is 0 Å². The molecule has 6 atom stereocenters. The van der Waals surface area contributed by atoms with Crippen LogP contribution >= 0.6 is 0 Å². The quantitative estimate of drug-likeness (QED) is 0.729. The topological polar surface area (TPSA) is 52.6 Å². The second-order valence-corrected chi connectivity index (χ2v) is 9.42. The highest BCUT2D eigenvalue weighted by atomic mass is 16.5. The molecule has 0 amide bonds. The van der Waals surface area contributed by atoms with E-state index in [9.17, 15) is 9.59 Å². The van der Waals surface area contributed by atoms with Crippen LogP contribution in [0.25, 0.3) is 0 Å². The summed E-state index contributed by atoms with van der Waals surface area (Å²) in [6.45, 7) is 8.71. The van der Waals surface area contributed by atoms with Crippen LogP contribution in [-0.4, -0.2) is 25.2 Å². The molecule has 0 aliphatic heterocycles. The fraction of sp³-hybridized carbons (Fsp3) is 0.900. The largest absolute Gasteiger partial charge is 0.465 e. The first-order valence-electron chi connectivity index (χ1n) is 9.46. The second kappa shape index (κ2) is 6.34. The smallest absolute Gasteiger partial charge is 0.302 e. The van der Waals surface area contributed by atoms with Crippen molar-refractivity contribution in [2.45, 2.75) is 66.2 Å². The lowest BCUT2D eigenvalue weighted by Crippen LogP contribution is -2.36. The van der Waals surface area contributed by atoms with Gasteiger partial charge in [0.1, 0.15) is 0 Å². The summed E-state index contributed by atoms with van der Waals surface area (Å²) in [6.07, 6.45) is 7.29. The van der Waals surface area contributed by atoms with Gasteiger partial charge in [0, 0.05) is 24.7 Å². The summed E-state index contributed by atoms with van der Waals surface area (Å²) in [5.74, 6) is 2.76. The van der Waals surface area contributed by atoms with E-state index in [-0.39, 0.29) is 22.8 Å². The molecule has 0 aromatic rings. The normalized spacial score (nSPS) is 43.8. The molecule has 3 rings (SSSR count). The number of fused-ring (bicyclic) bond motifs is 5. The molecule has 0 saturated heterocycles. The van der Waals surface area contributed by atoms with Crippen molar-refractivity contribution in [3.63, 3.8) is 0 Å². The van der Waals surface area contributed by atoms with Gasteiger partial charge in [-0.2, -0.15) is 0 Å². The van der Waals surface area contributed by atoms with Crippen LogP contribution in [0, 0.1) is 34.5 Å². The molecule has 3 fully saturated rings. The molecule has 0 N–H and O–H groups in total. The Bertz CT molecular complexity index is 516. The van der Waals surface area contributed by atoms with Crippen molar-refractivity contribution in [1.82, 2.24) is 0 Å². The molecule has 0 radical (unpaired) electrons. The van der Waals surface area contributed by atoms with E-state index in [0.29, 0.717) is 13.2 Å². The standard InChI is InChI=1S/C20H32O4/c1-13(21)23-11-19(3)6-5-17-15-7-16(18(17)10-19)9-20(4,8-15)12-24-14(2)22/h15-18H,5-12H2,1-4H3. The van der Waals surface area contributed by atoms with Gasteiger partial charge in [0.2, 0.25) is 0 Å². The van der Waals surface area contributed by atoms with E-state index in [2.05, 4.69) is 13.8 Å².